The molecular formula is C24H31FN2O3. The molecule has 0 aliphatic rings. The van der Waals surface area contributed by atoms with Gasteiger partial charge in [-0.3, -0.25) is 0 Å². The average molecular weight is 415 g/mol. The van der Waals surface area contributed by atoms with Gasteiger partial charge in [0.2, 0.25) is 0 Å². The Morgan fingerprint density at radius 1 is 1.00 bits per heavy atom. The number of methoxy groups -OCH3 is 2. The van der Waals surface area contributed by atoms with Crippen LogP contribution >= 0.6 is 0 Å². The first kappa shape index (κ1) is 22.3. The van der Waals surface area contributed by atoms with Crippen molar-refractivity contribution >= 4 is 10.9 Å². The van der Waals surface area contributed by atoms with Crippen molar-refractivity contribution in [1.82, 2.24) is 9.88 Å². The molecule has 0 radical (unpaired) electrons. The second-order valence-corrected chi connectivity index (χ2v) is 7.81. The van der Waals surface area contributed by atoms with Gasteiger partial charge in [-0.25, -0.2) is 4.39 Å². The number of hydrogen-bond donors (Lipinski definition) is 1. The van der Waals surface area contributed by atoms with Crippen molar-refractivity contribution in [2.75, 3.05) is 40.6 Å². The minimum Gasteiger partial charge on any atom is -0.493 e. The fourth-order valence-corrected chi connectivity index (χ4v) is 3.65. The fourth-order valence-electron chi connectivity index (χ4n) is 3.65. The summed E-state index contributed by atoms with van der Waals surface area (Å²) in [5, 5.41) is 4.72. The molecule has 1 aromatic heterocycles. The standard InChI is InChI=1S/C24H31FN2O3/c1-24(17-28-2,18-29-3)26-12-14-27-13-10-20-6-9-22(16-23(20)27)30-15-11-19-4-7-21(25)8-5-19/h4-10,13,16,26H,11-12,14-15,17-18H2,1-3H3. The van der Waals surface area contributed by atoms with Gasteiger partial charge >= 0.3 is 0 Å². The smallest absolute Gasteiger partial charge is 0.123 e. The van der Waals surface area contributed by atoms with E-state index in [1.165, 1.54) is 17.5 Å². The molecule has 0 saturated carbocycles. The Hall–Kier alpha value is -2.41. The first-order valence-corrected chi connectivity index (χ1v) is 10.2. The zero-order chi connectivity index (χ0) is 21.4. The highest BCUT2D eigenvalue weighted by Crippen LogP contribution is 2.22. The molecule has 30 heavy (non-hydrogen) atoms. The summed E-state index contributed by atoms with van der Waals surface area (Å²) in [6.45, 7) is 5.43. The van der Waals surface area contributed by atoms with E-state index >= 15 is 0 Å². The molecule has 6 heteroatoms. The van der Waals surface area contributed by atoms with Gasteiger partial charge in [0, 0.05) is 46.0 Å². The summed E-state index contributed by atoms with van der Waals surface area (Å²) in [6, 6.07) is 14.8. The lowest BCUT2D eigenvalue weighted by molar-refractivity contribution is 0.0515. The van der Waals surface area contributed by atoms with Crippen LogP contribution < -0.4 is 10.1 Å². The van der Waals surface area contributed by atoms with Crippen LogP contribution in [0.25, 0.3) is 10.9 Å². The van der Waals surface area contributed by atoms with Crippen LogP contribution in [0.15, 0.2) is 54.7 Å². The van der Waals surface area contributed by atoms with Crippen molar-refractivity contribution in [3.05, 3.63) is 66.1 Å². The predicted molar refractivity (Wildman–Crippen MR) is 118 cm³/mol. The van der Waals surface area contributed by atoms with Crippen molar-refractivity contribution in [2.45, 2.75) is 25.4 Å². The zero-order valence-electron chi connectivity index (χ0n) is 18.0. The molecule has 5 nitrogen and oxygen atoms in total. The largest absolute Gasteiger partial charge is 0.493 e. The molecule has 0 bridgehead atoms. The molecule has 3 aromatic rings. The predicted octanol–water partition coefficient (Wildman–Crippen LogP) is 4.04. The number of aromatic nitrogens is 1. The van der Waals surface area contributed by atoms with Crippen LogP contribution in [-0.2, 0) is 22.4 Å². The Bertz CT molecular complexity index is 918. The lowest BCUT2D eigenvalue weighted by atomic mass is 10.1. The summed E-state index contributed by atoms with van der Waals surface area (Å²) >= 11 is 0. The van der Waals surface area contributed by atoms with Gasteiger partial charge in [-0.2, -0.15) is 0 Å². The molecule has 0 fully saturated rings. The van der Waals surface area contributed by atoms with E-state index in [9.17, 15) is 4.39 Å². The van der Waals surface area contributed by atoms with E-state index in [0.717, 1.165) is 36.3 Å². The summed E-state index contributed by atoms with van der Waals surface area (Å²) in [7, 11) is 3.40. The van der Waals surface area contributed by atoms with Crippen LogP contribution in [0.5, 0.6) is 5.75 Å². The van der Waals surface area contributed by atoms with E-state index in [2.05, 4.69) is 41.2 Å². The maximum Gasteiger partial charge on any atom is 0.123 e. The first-order valence-electron chi connectivity index (χ1n) is 10.2. The van der Waals surface area contributed by atoms with Crippen molar-refractivity contribution in [1.29, 1.82) is 0 Å². The normalized spacial score (nSPS) is 11.9. The minimum absolute atomic E-state index is 0.217. The number of ether oxygens (including phenoxy) is 3. The maximum absolute atomic E-state index is 13.0. The van der Waals surface area contributed by atoms with Crippen LogP contribution in [0.4, 0.5) is 4.39 Å². The summed E-state index contributed by atoms with van der Waals surface area (Å²) in [4.78, 5) is 0. The third-order valence-electron chi connectivity index (χ3n) is 5.15. The Morgan fingerprint density at radius 3 is 2.43 bits per heavy atom. The Balaban J connectivity index is 1.58. The van der Waals surface area contributed by atoms with Crippen LogP contribution in [-0.4, -0.2) is 50.7 Å². The second-order valence-electron chi connectivity index (χ2n) is 7.81. The fraction of sp³-hybridized carbons (Fsp3) is 0.417. The summed E-state index contributed by atoms with van der Waals surface area (Å²) in [5.41, 5.74) is 1.97. The van der Waals surface area contributed by atoms with E-state index in [4.69, 9.17) is 14.2 Å². The lowest BCUT2D eigenvalue weighted by Crippen LogP contribution is -2.50. The monoisotopic (exact) mass is 414 g/mol. The van der Waals surface area contributed by atoms with E-state index in [1.54, 1.807) is 26.4 Å². The van der Waals surface area contributed by atoms with Crippen molar-refractivity contribution in [3.8, 4) is 5.75 Å². The van der Waals surface area contributed by atoms with E-state index in [1.807, 2.05) is 6.07 Å². The van der Waals surface area contributed by atoms with E-state index in [0.29, 0.717) is 19.8 Å². The molecule has 0 saturated heterocycles. The van der Waals surface area contributed by atoms with Crippen molar-refractivity contribution in [2.24, 2.45) is 0 Å². The minimum atomic E-state index is -0.221. The van der Waals surface area contributed by atoms with Crippen molar-refractivity contribution < 1.29 is 18.6 Å². The Labute approximate surface area is 177 Å². The molecule has 0 amide bonds. The highest BCUT2D eigenvalue weighted by Gasteiger charge is 2.23. The number of nitrogens with zero attached hydrogens (tertiary/aromatic N) is 1. The van der Waals surface area contributed by atoms with Gasteiger partial charge in [-0.05, 0) is 48.2 Å². The van der Waals surface area contributed by atoms with Crippen LogP contribution in [0.2, 0.25) is 0 Å². The average Bonchev–Trinajstić information content (AvgIpc) is 3.12. The van der Waals surface area contributed by atoms with E-state index in [-0.39, 0.29) is 11.4 Å². The van der Waals surface area contributed by atoms with Gasteiger partial charge in [0.25, 0.3) is 0 Å². The lowest BCUT2D eigenvalue weighted by Gasteiger charge is -2.29. The molecule has 1 heterocycles. The summed E-state index contributed by atoms with van der Waals surface area (Å²) < 4.78 is 31.8. The van der Waals surface area contributed by atoms with Crippen molar-refractivity contribution in [3.63, 3.8) is 0 Å². The molecule has 2 aromatic carbocycles. The zero-order valence-corrected chi connectivity index (χ0v) is 18.0. The topological polar surface area (TPSA) is 44.7 Å². The molecule has 0 aliphatic heterocycles. The van der Waals surface area contributed by atoms with Gasteiger partial charge in [-0.1, -0.05) is 12.1 Å². The molecule has 1 N–H and O–H groups in total. The molecule has 0 aliphatic carbocycles. The maximum atomic E-state index is 13.0. The quantitative estimate of drug-likeness (QED) is 0.486. The first-order chi connectivity index (χ1) is 14.5. The number of halogens is 1. The number of benzene rings is 2. The van der Waals surface area contributed by atoms with Gasteiger partial charge in [0.1, 0.15) is 11.6 Å². The number of nitrogens with one attached hydrogen (secondary N) is 1. The van der Waals surface area contributed by atoms with Crippen LogP contribution in [0.1, 0.15) is 12.5 Å². The van der Waals surface area contributed by atoms with Gasteiger partial charge < -0.3 is 24.1 Å². The number of rotatable bonds is 12. The third-order valence-corrected chi connectivity index (χ3v) is 5.15. The van der Waals surface area contributed by atoms with Gasteiger partial charge in [0.15, 0.2) is 0 Å². The highest BCUT2D eigenvalue weighted by molar-refractivity contribution is 5.81. The Morgan fingerprint density at radius 2 is 1.73 bits per heavy atom. The van der Waals surface area contributed by atoms with Crippen LogP contribution in [0, 0.1) is 5.82 Å². The van der Waals surface area contributed by atoms with Crippen LogP contribution in [0.3, 0.4) is 0 Å². The molecule has 0 atom stereocenters. The summed E-state index contributed by atoms with van der Waals surface area (Å²) in [6.07, 6.45) is 2.83. The molecule has 0 spiro atoms. The SMILES string of the molecule is COCC(C)(COC)NCCn1ccc2ccc(OCCc3ccc(F)cc3)cc21. The van der Waals surface area contributed by atoms with Gasteiger partial charge in [0.05, 0.1) is 30.9 Å². The highest BCUT2D eigenvalue weighted by atomic mass is 19.1. The van der Waals surface area contributed by atoms with Gasteiger partial charge in [-0.15, -0.1) is 0 Å². The second kappa shape index (κ2) is 10.6. The molecule has 162 valence electrons. The molecule has 0 unspecified atom stereocenters. The summed E-state index contributed by atoms with van der Waals surface area (Å²) in [5.74, 6) is 0.617. The number of fused-ring (bicyclic) bond motifs is 1. The number of hydrogen-bond acceptors (Lipinski definition) is 4. The molecular weight excluding hydrogens is 383 g/mol. The third kappa shape index (κ3) is 6.05. The Kier molecular flexibility index (Phi) is 7.85. The van der Waals surface area contributed by atoms with E-state index < -0.39 is 0 Å². The molecule has 3 rings (SSSR count).